The van der Waals surface area contributed by atoms with Gasteiger partial charge in [-0.05, 0) is 5.56 Å². The summed E-state index contributed by atoms with van der Waals surface area (Å²) in [6.07, 6.45) is 0.217. The first-order valence-electron chi connectivity index (χ1n) is 3.99. The van der Waals surface area contributed by atoms with Gasteiger partial charge in [0.05, 0.1) is 19.1 Å². The molecule has 0 amide bonds. The van der Waals surface area contributed by atoms with E-state index in [0.29, 0.717) is 6.61 Å². The molecule has 0 aliphatic carbocycles. The number of nitrogens with zero attached hydrogens (tertiary/aromatic N) is 1. The van der Waals surface area contributed by atoms with Gasteiger partial charge in [0.1, 0.15) is 5.56 Å². The Bertz CT molecular complexity index is 281. The van der Waals surface area contributed by atoms with Crippen molar-refractivity contribution in [1.29, 1.82) is 5.26 Å². The van der Waals surface area contributed by atoms with Crippen LogP contribution in [-0.2, 0) is 11.3 Å². The highest BCUT2D eigenvalue weighted by Gasteiger charge is 2.02. The van der Waals surface area contributed by atoms with Gasteiger partial charge in [0.15, 0.2) is 0 Å². The smallest absolute Gasteiger partial charge is 0.144 e. The Morgan fingerprint density at radius 3 is 2.69 bits per heavy atom. The second-order valence-electron chi connectivity index (χ2n) is 2.57. The zero-order valence-electron chi connectivity index (χ0n) is 7.11. The van der Waals surface area contributed by atoms with Gasteiger partial charge < -0.3 is 4.74 Å². The standard InChI is InChI=1S/C10H10ClNO/c11-10(6-7-12)13-8-9-4-2-1-3-5-9/h1-5,10H,6,8H2. The molecule has 0 saturated heterocycles. The molecule has 2 nitrogen and oxygen atoms in total. The third-order valence-electron chi connectivity index (χ3n) is 1.53. The van der Waals surface area contributed by atoms with Crippen molar-refractivity contribution in [2.24, 2.45) is 0 Å². The van der Waals surface area contributed by atoms with Crippen molar-refractivity contribution >= 4 is 11.6 Å². The number of hydrogen-bond donors (Lipinski definition) is 0. The Balaban J connectivity index is 2.32. The Morgan fingerprint density at radius 1 is 1.38 bits per heavy atom. The number of alkyl halides is 1. The van der Waals surface area contributed by atoms with Crippen LogP contribution < -0.4 is 0 Å². The molecule has 1 aromatic carbocycles. The van der Waals surface area contributed by atoms with Crippen molar-refractivity contribution < 1.29 is 4.74 Å². The first-order chi connectivity index (χ1) is 6.33. The third-order valence-corrected chi connectivity index (χ3v) is 1.81. The first kappa shape index (κ1) is 10.0. The lowest BCUT2D eigenvalue weighted by molar-refractivity contribution is 0.0969. The minimum atomic E-state index is -0.509. The molecule has 1 rings (SSSR count). The summed E-state index contributed by atoms with van der Waals surface area (Å²) in [4.78, 5) is 0. The molecule has 0 radical (unpaired) electrons. The average molecular weight is 196 g/mol. The number of ether oxygens (including phenoxy) is 1. The van der Waals surface area contributed by atoms with Crippen molar-refractivity contribution in [1.82, 2.24) is 0 Å². The van der Waals surface area contributed by atoms with Gasteiger partial charge in [-0.2, -0.15) is 5.26 Å². The van der Waals surface area contributed by atoms with Gasteiger partial charge in [-0.3, -0.25) is 0 Å². The van der Waals surface area contributed by atoms with E-state index in [1.807, 2.05) is 36.4 Å². The zero-order chi connectivity index (χ0) is 9.52. The summed E-state index contributed by atoms with van der Waals surface area (Å²) in [5.41, 5.74) is 0.552. The molecule has 0 heterocycles. The molecule has 13 heavy (non-hydrogen) atoms. The number of halogens is 1. The van der Waals surface area contributed by atoms with Gasteiger partial charge in [0.25, 0.3) is 0 Å². The van der Waals surface area contributed by atoms with Crippen molar-refractivity contribution in [2.75, 3.05) is 0 Å². The van der Waals surface area contributed by atoms with Crippen LogP contribution in [0.15, 0.2) is 30.3 Å². The minimum Gasteiger partial charge on any atom is -0.357 e. The van der Waals surface area contributed by atoms with Gasteiger partial charge in [-0.25, -0.2) is 0 Å². The summed E-state index contributed by atoms with van der Waals surface area (Å²) in [6, 6.07) is 11.7. The van der Waals surface area contributed by atoms with Crippen LogP contribution in [0.3, 0.4) is 0 Å². The second kappa shape index (κ2) is 5.58. The van der Waals surface area contributed by atoms with Gasteiger partial charge in [-0.15, -0.1) is 0 Å². The largest absolute Gasteiger partial charge is 0.357 e. The van der Waals surface area contributed by atoms with E-state index in [9.17, 15) is 0 Å². The van der Waals surface area contributed by atoms with Crippen LogP contribution >= 0.6 is 11.6 Å². The lowest BCUT2D eigenvalue weighted by Gasteiger charge is -2.06. The van der Waals surface area contributed by atoms with Crippen molar-refractivity contribution in [3.05, 3.63) is 35.9 Å². The Kier molecular flexibility index (Phi) is 4.31. The van der Waals surface area contributed by atoms with E-state index in [1.165, 1.54) is 0 Å². The second-order valence-corrected chi connectivity index (χ2v) is 3.06. The summed E-state index contributed by atoms with van der Waals surface area (Å²) in [5.74, 6) is 0. The summed E-state index contributed by atoms with van der Waals surface area (Å²) >= 11 is 5.69. The quantitative estimate of drug-likeness (QED) is 0.692. The molecule has 0 aliphatic rings. The molecular formula is C10H10ClNO. The summed E-state index contributed by atoms with van der Waals surface area (Å²) in [6.45, 7) is 0.455. The van der Waals surface area contributed by atoms with Crippen LogP contribution in [-0.4, -0.2) is 5.56 Å². The fraction of sp³-hybridized carbons (Fsp3) is 0.300. The molecule has 0 spiro atoms. The van der Waals surface area contributed by atoms with E-state index < -0.39 is 5.56 Å². The SMILES string of the molecule is N#CCC(Cl)OCc1ccccc1. The average Bonchev–Trinajstić information content (AvgIpc) is 2.17. The molecule has 1 atom stereocenters. The predicted octanol–water partition coefficient (Wildman–Crippen LogP) is 2.68. The van der Waals surface area contributed by atoms with Crippen molar-refractivity contribution in [3.8, 4) is 6.07 Å². The summed E-state index contributed by atoms with van der Waals surface area (Å²) in [5, 5.41) is 8.32. The fourth-order valence-corrected chi connectivity index (χ4v) is 1.02. The van der Waals surface area contributed by atoms with Crippen LogP contribution in [0.5, 0.6) is 0 Å². The molecular weight excluding hydrogens is 186 g/mol. The topological polar surface area (TPSA) is 33.0 Å². The van der Waals surface area contributed by atoms with Crippen molar-refractivity contribution in [2.45, 2.75) is 18.6 Å². The fourth-order valence-electron chi connectivity index (χ4n) is 0.892. The predicted molar refractivity (Wildman–Crippen MR) is 51.1 cm³/mol. The van der Waals surface area contributed by atoms with Crippen LogP contribution in [0.1, 0.15) is 12.0 Å². The van der Waals surface area contributed by atoms with Crippen LogP contribution in [0, 0.1) is 11.3 Å². The van der Waals surface area contributed by atoms with E-state index in [4.69, 9.17) is 21.6 Å². The molecule has 0 saturated carbocycles. The number of benzene rings is 1. The lowest BCUT2D eigenvalue weighted by Crippen LogP contribution is -2.03. The third kappa shape index (κ3) is 3.93. The number of hydrogen-bond acceptors (Lipinski definition) is 2. The van der Waals surface area contributed by atoms with Crippen molar-refractivity contribution in [3.63, 3.8) is 0 Å². The maximum absolute atomic E-state index is 8.32. The van der Waals surface area contributed by atoms with Gasteiger partial charge in [-0.1, -0.05) is 41.9 Å². The van der Waals surface area contributed by atoms with Crippen LogP contribution in [0.2, 0.25) is 0 Å². The normalized spacial score (nSPS) is 12.0. The molecule has 3 heteroatoms. The molecule has 68 valence electrons. The zero-order valence-corrected chi connectivity index (χ0v) is 7.87. The summed E-state index contributed by atoms with van der Waals surface area (Å²) < 4.78 is 5.21. The van der Waals surface area contributed by atoms with E-state index >= 15 is 0 Å². The lowest BCUT2D eigenvalue weighted by atomic mass is 10.2. The van der Waals surface area contributed by atoms with E-state index in [1.54, 1.807) is 0 Å². The molecule has 0 aliphatic heterocycles. The molecule has 0 fully saturated rings. The van der Waals surface area contributed by atoms with E-state index in [0.717, 1.165) is 5.56 Å². The first-order valence-corrected chi connectivity index (χ1v) is 4.43. The molecule has 0 N–H and O–H groups in total. The van der Waals surface area contributed by atoms with E-state index in [-0.39, 0.29) is 6.42 Å². The molecule has 1 aromatic rings. The Morgan fingerprint density at radius 2 is 2.08 bits per heavy atom. The minimum absolute atomic E-state index is 0.217. The maximum Gasteiger partial charge on any atom is 0.144 e. The molecule has 1 unspecified atom stereocenters. The van der Waals surface area contributed by atoms with Gasteiger partial charge >= 0.3 is 0 Å². The Labute approximate surface area is 82.7 Å². The van der Waals surface area contributed by atoms with Crippen LogP contribution in [0.25, 0.3) is 0 Å². The monoisotopic (exact) mass is 195 g/mol. The number of nitriles is 1. The maximum atomic E-state index is 8.32. The number of rotatable bonds is 4. The highest BCUT2D eigenvalue weighted by molar-refractivity contribution is 6.19. The molecule has 0 bridgehead atoms. The van der Waals surface area contributed by atoms with Gasteiger partial charge in [0.2, 0.25) is 0 Å². The molecule has 0 aromatic heterocycles. The van der Waals surface area contributed by atoms with Crippen LogP contribution in [0.4, 0.5) is 0 Å². The highest BCUT2D eigenvalue weighted by atomic mass is 35.5. The van der Waals surface area contributed by atoms with E-state index in [2.05, 4.69) is 0 Å². The Hall–Kier alpha value is -1.04. The highest BCUT2D eigenvalue weighted by Crippen LogP contribution is 2.08. The van der Waals surface area contributed by atoms with Gasteiger partial charge in [0, 0.05) is 0 Å². The summed E-state index contributed by atoms with van der Waals surface area (Å²) in [7, 11) is 0.